The number of benzene rings is 2. The van der Waals surface area contributed by atoms with Gasteiger partial charge in [-0.3, -0.25) is 0 Å². The Kier molecular flexibility index (Phi) is 5.85. The van der Waals surface area contributed by atoms with Crippen molar-refractivity contribution < 1.29 is 13.5 Å². The molecule has 0 amide bonds. The summed E-state index contributed by atoms with van der Waals surface area (Å²) in [5.74, 6) is 0.598. The fourth-order valence-electron chi connectivity index (χ4n) is 4.17. The van der Waals surface area contributed by atoms with Gasteiger partial charge in [0.05, 0.1) is 4.90 Å². The van der Waals surface area contributed by atoms with Crippen LogP contribution in [0.15, 0.2) is 41.3 Å². The van der Waals surface area contributed by atoms with E-state index in [1.807, 2.05) is 25.1 Å². The number of nitrogens with zero attached hydrogens (tertiary/aromatic N) is 3. The first kappa shape index (κ1) is 21.5. The van der Waals surface area contributed by atoms with Crippen molar-refractivity contribution in [2.75, 3.05) is 31.2 Å². The monoisotopic (exact) mass is 440 g/mol. The van der Waals surface area contributed by atoms with Crippen LogP contribution in [-0.2, 0) is 9.84 Å². The van der Waals surface area contributed by atoms with E-state index < -0.39 is 9.84 Å². The van der Waals surface area contributed by atoms with Crippen LogP contribution in [0.2, 0.25) is 0 Å². The van der Waals surface area contributed by atoms with Crippen LogP contribution in [0.5, 0.6) is 5.75 Å². The van der Waals surface area contributed by atoms with Crippen molar-refractivity contribution in [3.8, 4) is 17.0 Å². The summed E-state index contributed by atoms with van der Waals surface area (Å²) in [6.07, 6.45) is 3.35. The zero-order chi connectivity index (χ0) is 22.2. The van der Waals surface area contributed by atoms with Crippen LogP contribution in [-0.4, -0.2) is 60.6 Å². The molecule has 2 N–H and O–H groups in total. The number of aromatic nitrogens is 2. The lowest BCUT2D eigenvalue weighted by Crippen LogP contribution is -2.42. The van der Waals surface area contributed by atoms with Gasteiger partial charge in [-0.15, -0.1) is 10.2 Å². The first-order valence-electron chi connectivity index (χ1n) is 10.6. The molecule has 1 aliphatic rings. The third-order valence-corrected chi connectivity index (χ3v) is 6.99. The number of phenols is 1. The first-order valence-corrected chi connectivity index (χ1v) is 12.4. The van der Waals surface area contributed by atoms with Gasteiger partial charge in [-0.1, -0.05) is 24.6 Å². The second-order valence-corrected chi connectivity index (χ2v) is 10.3. The molecule has 0 bridgehead atoms. The number of sulfone groups is 1. The molecule has 2 aromatic carbocycles. The number of hydrogen-bond donors (Lipinski definition) is 2. The maximum Gasteiger partial charge on any atom is 0.175 e. The number of likely N-dealkylation sites (N-methyl/N-ethyl adjacent to an activating group) is 1. The van der Waals surface area contributed by atoms with Gasteiger partial charge in [0.25, 0.3) is 0 Å². The lowest BCUT2D eigenvalue weighted by Gasteiger charge is -2.32. The van der Waals surface area contributed by atoms with E-state index in [1.54, 1.807) is 6.07 Å². The molecule has 3 aromatic rings. The van der Waals surface area contributed by atoms with E-state index in [2.05, 4.69) is 27.3 Å². The molecule has 1 saturated heterocycles. The van der Waals surface area contributed by atoms with Crippen LogP contribution >= 0.6 is 0 Å². The summed E-state index contributed by atoms with van der Waals surface area (Å²) < 4.78 is 23.6. The fraction of sp³-hybridized carbons (Fsp3) is 0.391. The van der Waals surface area contributed by atoms with Crippen LogP contribution in [0.3, 0.4) is 0 Å². The van der Waals surface area contributed by atoms with Gasteiger partial charge in [0.2, 0.25) is 0 Å². The molecule has 8 heteroatoms. The second kappa shape index (κ2) is 8.43. The Morgan fingerprint density at radius 3 is 2.68 bits per heavy atom. The van der Waals surface area contributed by atoms with Gasteiger partial charge in [-0.25, -0.2) is 8.42 Å². The summed E-state index contributed by atoms with van der Waals surface area (Å²) in [5, 5.41) is 24.8. The maximum absolute atomic E-state index is 11.8. The third kappa shape index (κ3) is 4.50. The van der Waals surface area contributed by atoms with Crippen molar-refractivity contribution in [2.45, 2.75) is 37.6 Å². The molecule has 1 atom stereocenters. The molecular weight excluding hydrogens is 412 g/mol. The van der Waals surface area contributed by atoms with E-state index in [4.69, 9.17) is 0 Å². The smallest absolute Gasteiger partial charge is 0.175 e. The van der Waals surface area contributed by atoms with Crippen LogP contribution < -0.4 is 5.32 Å². The van der Waals surface area contributed by atoms with E-state index in [0.29, 0.717) is 17.3 Å². The number of anilines is 1. The lowest BCUT2D eigenvalue weighted by molar-refractivity contribution is 0.226. The summed E-state index contributed by atoms with van der Waals surface area (Å²) in [6, 6.07) is 10.7. The highest BCUT2D eigenvalue weighted by atomic mass is 32.2. The van der Waals surface area contributed by atoms with Crippen LogP contribution in [0.1, 0.15) is 25.3 Å². The highest BCUT2D eigenvalue weighted by molar-refractivity contribution is 7.90. The van der Waals surface area contributed by atoms with E-state index in [9.17, 15) is 13.5 Å². The Bertz CT molecular complexity index is 1230. The number of aryl methyl sites for hydroxylation is 1. The lowest BCUT2D eigenvalue weighted by atomic mass is 10.0. The van der Waals surface area contributed by atoms with Gasteiger partial charge < -0.3 is 15.3 Å². The average molecular weight is 441 g/mol. The number of fused-ring (bicyclic) bond motifs is 1. The summed E-state index contributed by atoms with van der Waals surface area (Å²) in [4.78, 5) is 2.50. The predicted molar refractivity (Wildman–Crippen MR) is 123 cm³/mol. The van der Waals surface area contributed by atoms with Gasteiger partial charge >= 0.3 is 0 Å². The van der Waals surface area contributed by atoms with Crippen LogP contribution in [0.4, 0.5) is 5.82 Å². The topological polar surface area (TPSA) is 95.4 Å². The van der Waals surface area contributed by atoms with E-state index >= 15 is 0 Å². The summed E-state index contributed by atoms with van der Waals surface area (Å²) >= 11 is 0. The zero-order valence-corrected chi connectivity index (χ0v) is 18.9. The van der Waals surface area contributed by atoms with Gasteiger partial charge in [-0.2, -0.15) is 0 Å². The Morgan fingerprint density at radius 2 is 1.97 bits per heavy atom. The first-order chi connectivity index (χ1) is 14.8. The molecule has 1 aromatic heterocycles. The number of hydrogen-bond acceptors (Lipinski definition) is 7. The molecule has 4 rings (SSSR count). The summed E-state index contributed by atoms with van der Waals surface area (Å²) in [6.45, 7) is 7.31. The number of rotatable bonds is 5. The van der Waals surface area contributed by atoms with E-state index in [0.717, 1.165) is 60.9 Å². The Labute approximate surface area is 183 Å². The Morgan fingerprint density at radius 1 is 1.16 bits per heavy atom. The van der Waals surface area contributed by atoms with Crippen molar-refractivity contribution in [2.24, 2.45) is 0 Å². The molecule has 164 valence electrons. The van der Waals surface area contributed by atoms with Crippen molar-refractivity contribution in [1.29, 1.82) is 0 Å². The molecule has 2 heterocycles. The van der Waals surface area contributed by atoms with Gasteiger partial charge in [0.15, 0.2) is 15.7 Å². The average Bonchev–Trinajstić information content (AvgIpc) is 2.73. The normalized spacial score (nSPS) is 17.7. The number of phenolic OH excluding ortho intramolecular Hbond substituents is 1. The van der Waals surface area contributed by atoms with Crippen LogP contribution in [0, 0.1) is 6.92 Å². The predicted octanol–water partition coefficient (Wildman–Crippen LogP) is 3.61. The fourth-order valence-corrected chi connectivity index (χ4v) is 4.81. The Balaban J connectivity index is 1.77. The van der Waals surface area contributed by atoms with E-state index in [1.165, 1.54) is 12.1 Å². The Hall–Kier alpha value is -2.71. The molecular formula is C23H28N4O3S. The van der Waals surface area contributed by atoms with Crippen molar-refractivity contribution in [3.05, 3.63) is 42.0 Å². The highest BCUT2D eigenvalue weighted by Crippen LogP contribution is 2.36. The summed E-state index contributed by atoms with van der Waals surface area (Å²) in [7, 11) is -3.41. The van der Waals surface area contributed by atoms with Crippen molar-refractivity contribution in [3.63, 3.8) is 0 Å². The van der Waals surface area contributed by atoms with Crippen LogP contribution in [0.25, 0.3) is 22.0 Å². The molecule has 0 spiro atoms. The molecule has 0 saturated carbocycles. The summed E-state index contributed by atoms with van der Waals surface area (Å²) in [5.41, 5.74) is 2.05. The minimum absolute atomic E-state index is 0.0678. The van der Waals surface area contributed by atoms with Crippen molar-refractivity contribution >= 4 is 26.4 Å². The van der Waals surface area contributed by atoms with Gasteiger partial charge in [0, 0.05) is 35.2 Å². The SMILES string of the molecule is CCN1CCC[C@@H](Nc2nnc(-c3ccc(S(C)(=O)=O)cc3O)c3cc(C)ccc23)C1. The van der Waals surface area contributed by atoms with Gasteiger partial charge in [-0.05, 0) is 57.1 Å². The number of piperidine rings is 1. The number of nitrogens with one attached hydrogen (secondary N) is 1. The molecule has 7 nitrogen and oxygen atoms in total. The largest absolute Gasteiger partial charge is 0.507 e. The zero-order valence-electron chi connectivity index (χ0n) is 18.1. The quantitative estimate of drug-likeness (QED) is 0.626. The molecule has 0 aliphatic carbocycles. The second-order valence-electron chi connectivity index (χ2n) is 8.27. The molecule has 0 unspecified atom stereocenters. The molecule has 31 heavy (non-hydrogen) atoms. The highest BCUT2D eigenvalue weighted by Gasteiger charge is 2.21. The third-order valence-electron chi connectivity index (χ3n) is 5.88. The molecule has 1 fully saturated rings. The minimum Gasteiger partial charge on any atom is -0.507 e. The van der Waals surface area contributed by atoms with E-state index in [-0.39, 0.29) is 10.6 Å². The molecule has 0 radical (unpaired) electrons. The molecule has 1 aliphatic heterocycles. The number of likely N-dealkylation sites (tertiary alicyclic amines) is 1. The maximum atomic E-state index is 11.8. The van der Waals surface area contributed by atoms with Gasteiger partial charge in [0.1, 0.15) is 11.4 Å². The van der Waals surface area contributed by atoms with Crippen molar-refractivity contribution in [1.82, 2.24) is 15.1 Å². The minimum atomic E-state index is -3.41. The number of aromatic hydroxyl groups is 1. The standard InChI is InChI=1S/C23H28N4O3S/c1-4-27-11-5-6-16(14-27)24-23-18-9-7-15(2)12-20(18)22(25-26-23)19-10-8-17(13-21(19)28)31(3,29)30/h7-10,12-13,16,28H,4-6,11,14H2,1-3H3,(H,24,26)/t16-/m1/s1.